The molecule has 1 aliphatic heterocycles. The fourth-order valence-electron chi connectivity index (χ4n) is 2.20. The molecule has 1 fully saturated rings. The molecule has 1 atom stereocenters. The van der Waals surface area contributed by atoms with Crippen molar-refractivity contribution in [3.05, 3.63) is 29.8 Å². The molecule has 1 aliphatic rings. The van der Waals surface area contributed by atoms with Crippen molar-refractivity contribution in [1.29, 1.82) is 0 Å². The van der Waals surface area contributed by atoms with E-state index in [9.17, 15) is 4.79 Å². The summed E-state index contributed by atoms with van der Waals surface area (Å²) in [5.41, 5.74) is 0.992. The summed E-state index contributed by atoms with van der Waals surface area (Å²) >= 11 is 0. The van der Waals surface area contributed by atoms with Gasteiger partial charge in [-0.3, -0.25) is 0 Å². The minimum absolute atomic E-state index is 0.280. The average Bonchev–Trinajstić information content (AvgIpc) is 2.38. The van der Waals surface area contributed by atoms with E-state index in [0.29, 0.717) is 6.54 Å². The van der Waals surface area contributed by atoms with Gasteiger partial charge in [0, 0.05) is 6.54 Å². The molecule has 1 saturated heterocycles. The van der Waals surface area contributed by atoms with Crippen molar-refractivity contribution in [2.75, 3.05) is 20.1 Å². The number of nitrogens with zero attached hydrogens (tertiary/aromatic N) is 2. The van der Waals surface area contributed by atoms with Crippen LogP contribution in [0.4, 0.5) is 0 Å². The quantitative estimate of drug-likeness (QED) is 0.602. The first kappa shape index (κ1) is 12.8. The van der Waals surface area contributed by atoms with Gasteiger partial charge in [-0.2, -0.15) is 0 Å². The predicted molar refractivity (Wildman–Crippen MR) is 69.4 cm³/mol. The molecule has 4 nitrogen and oxygen atoms in total. The number of ether oxygens (including phenoxy) is 1. The molecule has 1 aromatic rings. The minimum atomic E-state index is 0.280. The molecule has 18 heavy (non-hydrogen) atoms. The zero-order valence-electron chi connectivity index (χ0n) is 10.6. The summed E-state index contributed by atoms with van der Waals surface area (Å²) in [5, 5.41) is 0. The summed E-state index contributed by atoms with van der Waals surface area (Å²) in [7, 11) is 2.12. The average molecular weight is 246 g/mol. The zero-order chi connectivity index (χ0) is 12.8. The Kier molecular flexibility index (Phi) is 4.51. The van der Waals surface area contributed by atoms with Gasteiger partial charge in [-0.1, -0.05) is 12.1 Å². The van der Waals surface area contributed by atoms with E-state index < -0.39 is 0 Å². The first-order chi connectivity index (χ1) is 8.78. The van der Waals surface area contributed by atoms with Crippen LogP contribution in [0.2, 0.25) is 0 Å². The Morgan fingerprint density at radius 2 is 2.22 bits per heavy atom. The van der Waals surface area contributed by atoms with Gasteiger partial charge in [0.1, 0.15) is 11.9 Å². The Bertz CT molecular complexity index is 424. The predicted octanol–water partition coefficient (Wildman–Crippen LogP) is 2.00. The summed E-state index contributed by atoms with van der Waals surface area (Å²) in [6.07, 6.45) is 4.12. The highest BCUT2D eigenvalue weighted by Gasteiger charge is 2.18. The molecule has 0 radical (unpaired) electrons. The molecule has 0 aliphatic carbocycles. The Morgan fingerprint density at radius 3 is 2.89 bits per heavy atom. The molecule has 0 spiro atoms. The van der Waals surface area contributed by atoms with Crippen molar-refractivity contribution >= 4 is 6.08 Å². The number of likely N-dealkylation sites (N-methyl/N-ethyl adjacent to an activating group) is 1. The molecule has 0 amide bonds. The maximum absolute atomic E-state index is 10.0. The van der Waals surface area contributed by atoms with E-state index in [4.69, 9.17) is 4.74 Å². The Hall–Kier alpha value is -1.64. The summed E-state index contributed by atoms with van der Waals surface area (Å²) in [5.74, 6) is 0.883. The lowest BCUT2D eigenvalue weighted by Gasteiger charge is -2.30. The van der Waals surface area contributed by atoms with E-state index in [2.05, 4.69) is 16.9 Å². The number of rotatable bonds is 4. The van der Waals surface area contributed by atoms with Crippen LogP contribution in [0.5, 0.6) is 5.75 Å². The molecule has 1 unspecified atom stereocenters. The topological polar surface area (TPSA) is 41.9 Å². The molecule has 0 saturated carbocycles. The lowest BCUT2D eigenvalue weighted by molar-refractivity contribution is 0.104. The smallest absolute Gasteiger partial charge is 0.235 e. The van der Waals surface area contributed by atoms with Gasteiger partial charge in [-0.25, -0.2) is 9.79 Å². The van der Waals surface area contributed by atoms with Crippen LogP contribution in [-0.4, -0.2) is 37.2 Å². The van der Waals surface area contributed by atoms with Gasteiger partial charge in [-0.15, -0.1) is 0 Å². The monoisotopic (exact) mass is 246 g/mol. The van der Waals surface area contributed by atoms with Crippen LogP contribution in [0, 0.1) is 0 Å². The summed E-state index contributed by atoms with van der Waals surface area (Å²) in [6.45, 7) is 2.52. The van der Waals surface area contributed by atoms with Crippen LogP contribution in [0.1, 0.15) is 18.4 Å². The molecule has 1 aromatic carbocycles. The second-order valence-corrected chi connectivity index (χ2v) is 4.70. The van der Waals surface area contributed by atoms with Crippen LogP contribution in [0.25, 0.3) is 0 Å². The summed E-state index contributed by atoms with van der Waals surface area (Å²) < 4.78 is 5.94. The molecule has 2 rings (SSSR count). The van der Waals surface area contributed by atoms with Crippen LogP contribution in [0.15, 0.2) is 29.3 Å². The van der Waals surface area contributed by atoms with Crippen molar-refractivity contribution in [2.45, 2.75) is 25.5 Å². The number of likely N-dealkylation sites (tertiary alicyclic amines) is 1. The third kappa shape index (κ3) is 3.69. The second-order valence-electron chi connectivity index (χ2n) is 4.70. The van der Waals surface area contributed by atoms with E-state index in [1.807, 2.05) is 24.3 Å². The van der Waals surface area contributed by atoms with E-state index in [-0.39, 0.29) is 6.10 Å². The van der Waals surface area contributed by atoms with Gasteiger partial charge in [0.05, 0.1) is 6.54 Å². The Morgan fingerprint density at radius 1 is 1.44 bits per heavy atom. The number of hydrogen-bond acceptors (Lipinski definition) is 4. The third-order valence-electron chi connectivity index (χ3n) is 3.13. The molecule has 0 N–H and O–H groups in total. The van der Waals surface area contributed by atoms with E-state index in [1.165, 1.54) is 12.5 Å². The van der Waals surface area contributed by atoms with Gasteiger partial charge in [0.25, 0.3) is 0 Å². The number of benzene rings is 1. The van der Waals surface area contributed by atoms with E-state index in [0.717, 1.165) is 30.8 Å². The normalized spacial score (nSPS) is 20.2. The Balaban J connectivity index is 1.91. The lowest BCUT2D eigenvalue weighted by atomic mass is 10.1. The van der Waals surface area contributed by atoms with Gasteiger partial charge < -0.3 is 9.64 Å². The highest BCUT2D eigenvalue weighted by atomic mass is 16.5. The number of isocyanates is 1. The standard InChI is InChI=1S/C14H18N2O2/c1-16-8-2-3-14(10-16)18-13-6-4-12(5-7-13)9-15-11-17/h4-7,14H,2-3,8-10H2,1H3. The maximum Gasteiger partial charge on any atom is 0.235 e. The molecular weight excluding hydrogens is 228 g/mol. The second kappa shape index (κ2) is 6.34. The van der Waals surface area contributed by atoms with Crippen molar-refractivity contribution < 1.29 is 9.53 Å². The highest BCUT2D eigenvalue weighted by molar-refractivity contribution is 5.34. The molecule has 0 bridgehead atoms. The van der Waals surface area contributed by atoms with Crippen LogP contribution >= 0.6 is 0 Å². The first-order valence-corrected chi connectivity index (χ1v) is 6.25. The van der Waals surface area contributed by atoms with Crippen LogP contribution in [0.3, 0.4) is 0 Å². The maximum atomic E-state index is 10.0. The molecule has 96 valence electrons. The fraction of sp³-hybridized carbons (Fsp3) is 0.500. The number of aliphatic imine (C=N–C) groups is 1. The van der Waals surface area contributed by atoms with Gasteiger partial charge in [-0.05, 0) is 44.1 Å². The summed E-state index contributed by atoms with van der Waals surface area (Å²) in [6, 6.07) is 7.74. The molecule has 4 heteroatoms. The van der Waals surface area contributed by atoms with Crippen LogP contribution < -0.4 is 4.74 Å². The minimum Gasteiger partial charge on any atom is -0.489 e. The number of carbonyl (C=O) groups excluding carboxylic acids is 1. The zero-order valence-corrected chi connectivity index (χ0v) is 10.6. The summed E-state index contributed by atoms with van der Waals surface area (Å²) in [4.78, 5) is 15.9. The van der Waals surface area contributed by atoms with Gasteiger partial charge in [0.15, 0.2) is 0 Å². The van der Waals surface area contributed by atoms with Crippen LogP contribution in [-0.2, 0) is 11.3 Å². The van der Waals surface area contributed by atoms with E-state index in [1.54, 1.807) is 0 Å². The molecule has 0 aromatic heterocycles. The lowest BCUT2D eigenvalue weighted by Crippen LogP contribution is -2.38. The molecule has 1 heterocycles. The number of piperidine rings is 1. The SMILES string of the molecule is CN1CCCC(Oc2ccc(CN=C=O)cc2)C1. The Labute approximate surface area is 107 Å². The fourth-order valence-corrected chi connectivity index (χ4v) is 2.20. The van der Waals surface area contributed by atoms with E-state index >= 15 is 0 Å². The van der Waals surface area contributed by atoms with Crippen molar-refractivity contribution in [3.8, 4) is 5.75 Å². The van der Waals surface area contributed by atoms with Crippen molar-refractivity contribution in [2.24, 2.45) is 4.99 Å². The molecular formula is C14H18N2O2. The van der Waals surface area contributed by atoms with Gasteiger partial charge >= 0.3 is 0 Å². The van der Waals surface area contributed by atoms with Gasteiger partial charge in [0.2, 0.25) is 6.08 Å². The number of hydrogen-bond donors (Lipinski definition) is 0. The largest absolute Gasteiger partial charge is 0.489 e. The van der Waals surface area contributed by atoms with Crippen molar-refractivity contribution in [1.82, 2.24) is 4.90 Å². The highest BCUT2D eigenvalue weighted by Crippen LogP contribution is 2.18. The first-order valence-electron chi connectivity index (χ1n) is 6.25. The van der Waals surface area contributed by atoms with Crippen molar-refractivity contribution in [3.63, 3.8) is 0 Å². The third-order valence-corrected chi connectivity index (χ3v) is 3.13.